The first-order valence-electron chi connectivity index (χ1n) is 1.64. The van der Waals surface area contributed by atoms with E-state index in [1.54, 1.807) is 12.3 Å². The average molecular weight is 86.1 g/mol. The van der Waals surface area contributed by atoms with Gasteiger partial charge >= 0.3 is 0 Å². The van der Waals surface area contributed by atoms with Gasteiger partial charge in [0, 0.05) is 0 Å². The standard InChI is InChI=1S/C3H4NO2/c1-2-4-6-5-3-1/h1-2H,3H2. The summed E-state index contributed by atoms with van der Waals surface area (Å²) >= 11 is 0. The molecular formula is C3H4NO2. The van der Waals surface area contributed by atoms with Crippen molar-refractivity contribution >= 4 is 0 Å². The van der Waals surface area contributed by atoms with Crippen molar-refractivity contribution in [2.24, 2.45) is 0 Å². The lowest BCUT2D eigenvalue weighted by molar-refractivity contribution is -0.329. The molecule has 0 fully saturated rings. The summed E-state index contributed by atoms with van der Waals surface area (Å²) < 4.78 is 0. The first-order chi connectivity index (χ1) is 3.00. The van der Waals surface area contributed by atoms with Gasteiger partial charge in [0.2, 0.25) is 0 Å². The summed E-state index contributed by atoms with van der Waals surface area (Å²) in [5.74, 6) is 0. The highest BCUT2D eigenvalue weighted by Gasteiger charge is 1.87. The van der Waals surface area contributed by atoms with Crippen molar-refractivity contribution in [1.82, 2.24) is 5.48 Å². The monoisotopic (exact) mass is 86.0 g/mol. The fourth-order valence-electron chi connectivity index (χ4n) is 0.211. The molecule has 6 heavy (non-hydrogen) atoms. The van der Waals surface area contributed by atoms with Crippen LogP contribution in [-0.4, -0.2) is 6.61 Å². The van der Waals surface area contributed by atoms with Gasteiger partial charge in [-0.25, -0.2) is 4.89 Å². The van der Waals surface area contributed by atoms with Gasteiger partial charge in [-0.3, -0.25) is 0 Å². The molecule has 0 amide bonds. The van der Waals surface area contributed by atoms with Crippen LogP contribution in [0.2, 0.25) is 0 Å². The number of hydrogen-bond acceptors (Lipinski definition) is 2. The molecule has 3 heteroatoms. The summed E-state index contributed by atoms with van der Waals surface area (Å²) in [7, 11) is 0. The molecule has 1 heterocycles. The Hall–Kier alpha value is -0.540. The fourth-order valence-corrected chi connectivity index (χ4v) is 0.211. The molecule has 1 aliphatic heterocycles. The van der Waals surface area contributed by atoms with E-state index in [9.17, 15) is 0 Å². The zero-order valence-electron chi connectivity index (χ0n) is 3.13. The molecule has 0 saturated heterocycles. The summed E-state index contributed by atoms with van der Waals surface area (Å²) in [5, 5.41) is 0. The average Bonchev–Trinajstić information content (AvgIpc) is 1.72. The Bertz CT molecular complexity index is 53.8. The second-order valence-corrected chi connectivity index (χ2v) is 0.849. The van der Waals surface area contributed by atoms with Crippen LogP contribution in [0.3, 0.4) is 0 Å². The predicted octanol–water partition coefficient (Wildman–Crippen LogP) is -0.0187. The highest BCUT2D eigenvalue weighted by molar-refractivity contribution is 4.76. The van der Waals surface area contributed by atoms with Gasteiger partial charge in [0.15, 0.2) is 0 Å². The van der Waals surface area contributed by atoms with Crippen LogP contribution < -0.4 is 5.48 Å². The van der Waals surface area contributed by atoms with Crippen LogP contribution in [0.1, 0.15) is 0 Å². The normalized spacial score (nSPS) is 20.0. The van der Waals surface area contributed by atoms with Gasteiger partial charge in [0.05, 0.1) is 6.20 Å². The van der Waals surface area contributed by atoms with E-state index in [1.807, 2.05) is 0 Å². The largest absolute Gasteiger partial charge is 0.206 e. The van der Waals surface area contributed by atoms with Gasteiger partial charge in [-0.05, 0) is 6.08 Å². The minimum Gasteiger partial charge on any atom is -0.206 e. The van der Waals surface area contributed by atoms with Crippen molar-refractivity contribution in [1.29, 1.82) is 0 Å². The quantitative estimate of drug-likeness (QED) is 0.388. The molecular weight excluding hydrogens is 82.0 g/mol. The molecule has 3 nitrogen and oxygen atoms in total. The summed E-state index contributed by atoms with van der Waals surface area (Å²) in [4.78, 5) is 8.42. The molecule has 0 N–H and O–H groups in total. The zero-order valence-corrected chi connectivity index (χ0v) is 3.13. The number of nitrogens with zero attached hydrogens (tertiary/aromatic N) is 1. The first-order valence-corrected chi connectivity index (χ1v) is 1.64. The molecule has 1 radical (unpaired) electrons. The zero-order chi connectivity index (χ0) is 4.24. The first kappa shape index (κ1) is 3.64. The van der Waals surface area contributed by atoms with Gasteiger partial charge < -0.3 is 0 Å². The Morgan fingerprint density at radius 2 is 2.67 bits per heavy atom. The molecule has 33 valence electrons. The third-order valence-corrected chi connectivity index (χ3v) is 0.426. The lowest BCUT2D eigenvalue weighted by Gasteiger charge is -1.98. The van der Waals surface area contributed by atoms with Gasteiger partial charge in [-0.1, -0.05) is 4.99 Å². The van der Waals surface area contributed by atoms with Crippen molar-refractivity contribution in [3.8, 4) is 0 Å². The molecule has 0 aliphatic carbocycles. The van der Waals surface area contributed by atoms with Crippen molar-refractivity contribution < 1.29 is 9.88 Å². The summed E-state index contributed by atoms with van der Waals surface area (Å²) in [6.07, 6.45) is 3.30. The van der Waals surface area contributed by atoms with Crippen LogP contribution >= 0.6 is 0 Å². The van der Waals surface area contributed by atoms with Crippen molar-refractivity contribution in [3.05, 3.63) is 12.3 Å². The fraction of sp³-hybridized carbons (Fsp3) is 0.333. The molecule has 1 rings (SSSR count). The van der Waals surface area contributed by atoms with E-state index in [2.05, 4.69) is 15.4 Å². The van der Waals surface area contributed by atoms with Crippen molar-refractivity contribution in [2.45, 2.75) is 0 Å². The Labute approximate surface area is 35.4 Å². The van der Waals surface area contributed by atoms with Gasteiger partial charge in [0.1, 0.15) is 6.61 Å². The molecule has 0 saturated carbocycles. The molecule has 0 unspecified atom stereocenters. The Morgan fingerprint density at radius 3 is 2.83 bits per heavy atom. The topological polar surface area (TPSA) is 32.6 Å². The molecule has 0 atom stereocenters. The smallest absolute Gasteiger partial charge is 0.105 e. The van der Waals surface area contributed by atoms with Crippen molar-refractivity contribution in [3.63, 3.8) is 0 Å². The Balaban J connectivity index is 2.26. The summed E-state index contributed by atoms with van der Waals surface area (Å²) in [5.41, 5.74) is 3.27. The summed E-state index contributed by atoms with van der Waals surface area (Å²) in [6, 6.07) is 0. The minimum absolute atomic E-state index is 0.503. The van der Waals surface area contributed by atoms with E-state index in [4.69, 9.17) is 0 Å². The maximum atomic E-state index is 4.32. The molecule has 0 bridgehead atoms. The lowest BCUT2D eigenvalue weighted by atomic mass is 10.7. The van der Waals surface area contributed by atoms with E-state index in [-0.39, 0.29) is 0 Å². The maximum Gasteiger partial charge on any atom is 0.105 e. The summed E-state index contributed by atoms with van der Waals surface area (Å²) in [6.45, 7) is 0.503. The van der Waals surface area contributed by atoms with Crippen LogP contribution in [0.4, 0.5) is 0 Å². The van der Waals surface area contributed by atoms with Crippen LogP contribution in [-0.2, 0) is 9.88 Å². The van der Waals surface area contributed by atoms with Gasteiger partial charge in [0.25, 0.3) is 0 Å². The number of hydrogen-bond donors (Lipinski definition) is 0. The van der Waals surface area contributed by atoms with E-state index < -0.39 is 0 Å². The van der Waals surface area contributed by atoms with E-state index in [1.165, 1.54) is 0 Å². The highest BCUT2D eigenvalue weighted by atomic mass is 17.3. The minimum atomic E-state index is 0.503. The van der Waals surface area contributed by atoms with Gasteiger partial charge in [-0.2, -0.15) is 0 Å². The van der Waals surface area contributed by atoms with Gasteiger partial charge in [-0.15, -0.1) is 5.48 Å². The lowest BCUT2D eigenvalue weighted by Crippen LogP contribution is -2.05. The molecule has 0 aromatic rings. The van der Waals surface area contributed by atoms with Crippen LogP contribution in [0, 0.1) is 0 Å². The third-order valence-electron chi connectivity index (χ3n) is 0.426. The molecule has 0 aromatic carbocycles. The molecule has 0 aromatic heterocycles. The second-order valence-electron chi connectivity index (χ2n) is 0.849. The third kappa shape index (κ3) is 0.702. The van der Waals surface area contributed by atoms with E-state index in [0.29, 0.717) is 6.61 Å². The molecule has 0 spiro atoms. The Kier molecular flexibility index (Phi) is 1.09. The SMILES string of the molecule is C1=C[N]OOC1. The van der Waals surface area contributed by atoms with Crippen LogP contribution in [0.25, 0.3) is 0 Å². The highest BCUT2D eigenvalue weighted by Crippen LogP contribution is 1.83. The van der Waals surface area contributed by atoms with Crippen molar-refractivity contribution in [2.75, 3.05) is 6.61 Å². The predicted molar refractivity (Wildman–Crippen MR) is 18.3 cm³/mol. The Morgan fingerprint density at radius 1 is 1.67 bits per heavy atom. The van der Waals surface area contributed by atoms with Crippen LogP contribution in [0.5, 0.6) is 0 Å². The second kappa shape index (κ2) is 1.79. The number of rotatable bonds is 0. The molecule has 1 aliphatic rings. The van der Waals surface area contributed by atoms with E-state index in [0.717, 1.165) is 0 Å². The maximum absolute atomic E-state index is 4.32. The van der Waals surface area contributed by atoms with E-state index >= 15 is 0 Å². The van der Waals surface area contributed by atoms with Crippen LogP contribution in [0.15, 0.2) is 12.3 Å². The number of hydroxylamine groups is 1.